The van der Waals surface area contributed by atoms with Gasteiger partial charge in [-0.2, -0.15) is 0 Å². The summed E-state index contributed by atoms with van der Waals surface area (Å²) >= 11 is 0. The monoisotopic (exact) mass is 374 g/mol. The Morgan fingerprint density at radius 3 is 2.38 bits per heavy atom. The summed E-state index contributed by atoms with van der Waals surface area (Å²) in [6.07, 6.45) is 0.986. The first-order chi connectivity index (χ1) is 12.5. The van der Waals surface area contributed by atoms with E-state index in [1.165, 1.54) is 0 Å². The number of hydrogen-bond donors (Lipinski definition) is 1. The predicted molar refractivity (Wildman–Crippen MR) is 99.7 cm³/mol. The number of anilines is 1. The summed E-state index contributed by atoms with van der Waals surface area (Å²) in [6, 6.07) is 11.5. The fourth-order valence-electron chi connectivity index (χ4n) is 3.69. The van der Waals surface area contributed by atoms with Crippen molar-refractivity contribution in [1.82, 2.24) is 14.9 Å². The summed E-state index contributed by atoms with van der Waals surface area (Å²) < 4.78 is 23.5. The topological polar surface area (TPSA) is 86.6 Å². The minimum Gasteiger partial charge on any atom is -0.390 e. The van der Waals surface area contributed by atoms with Crippen molar-refractivity contribution in [3.05, 3.63) is 42.6 Å². The molecule has 0 spiro atoms. The molecule has 0 aliphatic carbocycles. The van der Waals surface area contributed by atoms with Gasteiger partial charge in [0.1, 0.15) is 5.82 Å². The molecule has 1 N–H and O–H groups in total. The van der Waals surface area contributed by atoms with E-state index in [2.05, 4.69) is 19.8 Å². The molecule has 2 aliphatic rings. The van der Waals surface area contributed by atoms with Crippen molar-refractivity contribution >= 4 is 15.7 Å². The van der Waals surface area contributed by atoms with Crippen LogP contribution >= 0.6 is 0 Å². The summed E-state index contributed by atoms with van der Waals surface area (Å²) in [4.78, 5) is 13.3. The zero-order valence-electron chi connectivity index (χ0n) is 14.4. The quantitative estimate of drug-likeness (QED) is 0.833. The van der Waals surface area contributed by atoms with Crippen molar-refractivity contribution in [3.63, 3.8) is 0 Å². The van der Waals surface area contributed by atoms with Crippen LogP contribution in [0.3, 0.4) is 0 Å². The fourth-order valence-corrected chi connectivity index (χ4v) is 5.53. The summed E-state index contributed by atoms with van der Waals surface area (Å²) in [5.74, 6) is 1.50. The lowest BCUT2D eigenvalue weighted by Crippen LogP contribution is -2.53. The molecule has 2 aromatic rings. The van der Waals surface area contributed by atoms with E-state index in [9.17, 15) is 13.5 Å². The number of piperazine rings is 1. The largest absolute Gasteiger partial charge is 0.390 e. The summed E-state index contributed by atoms with van der Waals surface area (Å²) in [6.45, 7) is 2.91. The molecule has 0 saturated carbocycles. The van der Waals surface area contributed by atoms with E-state index in [0.717, 1.165) is 24.5 Å². The molecule has 2 aliphatic heterocycles. The van der Waals surface area contributed by atoms with Crippen molar-refractivity contribution < 1.29 is 13.5 Å². The first kappa shape index (κ1) is 17.4. The number of sulfone groups is 1. The van der Waals surface area contributed by atoms with Crippen LogP contribution in [-0.2, 0) is 9.84 Å². The second-order valence-corrected chi connectivity index (χ2v) is 8.99. The zero-order valence-corrected chi connectivity index (χ0v) is 15.2. The van der Waals surface area contributed by atoms with Crippen LogP contribution < -0.4 is 4.90 Å². The van der Waals surface area contributed by atoms with E-state index in [1.807, 2.05) is 36.4 Å². The lowest BCUT2D eigenvalue weighted by atomic mass is 10.1. The molecule has 2 unspecified atom stereocenters. The van der Waals surface area contributed by atoms with Crippen LogP contribution in [0.15, 0.2) is 42.6 Å². The van der Waals surface area contributed by atoms with E-state index in [4.69, 9.17) is 0 Å². The van der Waals surface area contributed by atoms with Gasteiger partial charge in [0.05, 0.1) is 23.7 Å². The highest BCUT2D eigenvalue weighted by Crippen LogP contribution is 2.23. The lowest BCUT2D eigenvalue weighted by molar-refractivity contribution is 0.0792. The molecule has 7 nitrogen and oxygen atoms in total. The summed E-state index contributed by atoms with van der Waals surface area (Å²) in [5, 5.41) is 10.1. The second kappa shape index (κ2) is 6.94. The van der Waals surface area contributed by atoms with Gasteiger partial charge in [-0.3, -0.25) is 4.90 Å². The van der Waals surface area contributed by atoms with E-state index >= 15 is 0 Å². The van der Waals surface area contributed by atoms with Gasteiger partial charge in [0, 0.05) is 37.9 Å². The molecule has 138 valence electrons. The first-order valence-electron chi connectivity index (χ1n) is 8.78. The van der Waals surface area contributed by atoms with Gasteiger partial charge in [0.2, 0.25) is 0 Å². The van der Waals surface area contributed by atoms with Crippen LogP contribution in [-0.4, -0.2) is 78.2 Å². The standard InChI is InChI=1S/C18H22N4O3S/c23-16-13-26(24,25)12-15(16)21-8-10-22(11-9-21)17-6-7-19-18(20-17)14-4-2-1-3-5-14/h1-7,15-16,23H,8-13H2. The normalized spacial score (nSPS) is 26.1. The number of aliphatic hydroxyl groups excluding tert-OH is 1. The Hall–Kier alpha value is -2.03. The van der Waals surface area contributed by atoms with Crippen LogP contribution in [0.1, 0.15) is 0 Å². The van der Waals surface area contributed by atoms with Crippen molar-refractivity contribution in [2.24, 2.45) is 0 Å². The van der Waals surface area contributed by atoms with Crippen LogP contribution in [0.4, 0.5) is 5.82 Å². The third-order valence-corrected chi connectivity index (χ3v) is 6.77. The first-order valence-corrected chi connectivity index (χ1v) is 10.6. The molecular weight excluding hydrogens is 352 g/mol. The average Bonchev–Trinajstić information content (AvgIpc) is 2.95. The molecule has 3 heterocycles. The third-order valence-electron chi connectivity index (χ3n) is 5.07. The molecule has 2 saturated heterocycles. The Balaban J connectivity index is 1.44. The smallest absolute Gasteiger partial charge is 0.161 e. The predicted octanol–water partition coefficient (Wildman–Crippen LogP) is 0.423. The van der Waals surface area contributed by atoms with Crippen LogP contribution in [0.2, 0.25) is 0 Å². The minimum absolute atomic E-state index is 0.0554. The zero-order chi connectivity index (χ0) is 18.1. The highest BCUT2D eigenvalue weighted by Gasteiger charge is 2.40. The van der Waals surface area contributed by atoms with Gasteiger partial charge in [0.25, 0.3) is 0 Å². The van der Waals surface area contributed by atoms with Gasteiger partial charge in [-0.1, -0.05) is 30.3 Å². The van der Waals surface area contributed by atoms with Gasteiger partial charge in [-0.15, -0.1) is 0 Å². The van der Waals surface area contributed by atoms with Crippen LogP contribution in [0.5, 0.6) is 0 Å². The van der Waals surface area contributed by atoms with Gasteiger partial charge in [-0.25, -0.2) is 18.4 Å². The Bertz CT molecular complexity index is 867. The number of hydrogen-bond acceptors (Lipinski definition) is 7. The van der Waals surface area contributed by atoms with Crippen molar-refractivity contribution in [3.8, 4) is 11.4 Å². The van der Waals surface area contributed by atoms with E-state index in [0.29, 0.717) is 18.9 Å². The summed E-state index contributed by atoms with van der Waals surface area (Å²) in [7, 11) is -3.12. The molecule has 1 aromatic carbocycles. The second-order valence-electron chi connectivity index (χ2n) is 6.84. The number of aromatic nitrogens is 2. The van der Waals surface area contributed by atoms with Gasteiger partial charge >= 0.3 is 0 Å². The Labute approximate surface area is 153 Å². The molecule has 4 rings (SSSR count). The number of rotatable bonds is 3. The molecule has 0 amide bonds. The van der Waals surface area contributed by atoms with Crippen molar-refractivity contribution in [1.29, 1.82) is 0 Å². The van der Waals surface area contributed by atoms with Crippen LogP contribution in [0.25, 0.3) is 11.4 Å². The van der Waals surface area contributed by atoms with Gasteiger partial charge in [-0.05, 0) is 6.07 Å². The Morgan fingerprint density at radius 2 is 1.73 bits per heavy atom. The van der Waals surface area contributed by atoms with Crippen LogP contribution in [0, 0.1) is 0 Å². The number of aliphatic hydroxyl groups is 1. The molecule has 1 aromatic heterocycles. The van der Waals surface area contributed by atoms with Crippen molar-refractivity contribution in [2.75, 3.05) is 42.6 Å². The Morgan fingerprint density at radius 1 is 1.00 bits per heavy atom. The SMILES string of the molecule is O=S1(=O)CC(O)C(N2CCN(c3ccnc(-c4ccccc4)n3)CC2)C1. The molecule has 26 heavy (non-hydrogen) atoms. The maximum atomic E-state index is 11.7. The molecule has 0 bridgehead atoms. The summed E-state index contributed by atoms with van der Waals surface area (Å²) in [5.41, 5.74) is 0.979. The molecular formula is C18H22N4O3S. The van der Waals surface area contributed by atoms with E-state index in [1.54, 1.807) is 6.20 Å². The van der Waals surface area contributed by atoms with Gasteiger partial charge in [0.15, 0.2) is 15.7 Å². The lowest BCUT2D eigenvalue weighted by Gasteiger charge is -2.39. The number of benzene rings is 1. The molecule has 8 heteroatoms. The molecule has 2 atom stereocenters. The Kier molecular flexibility index (Phi) is 4.64. The van der Waals surface area contributed by atoms with E-state index < -0.39 is 15.9 Å². The van der Waals surface area contributed by atoms with Crippen molar-refractivity contribution in [2.45, 2.75) is 12.1 Å². The minimum atomic E-state index is -3.12. The maximum Gasteiger partial charge on any atom is 0.161 e. The molecule has 2 fully saturated rings. The highest BCUT2D eigenvalue weighted by atomic mass is 32.2. The van der Waals surface area contributed by atoms with Gasteiger partial charge < -0.3 is 10.0 Å². The molecule has 0 radical (unpaired) electrons. The fraction of sp³-hybridized carbons (Fsp3) is 0.444. The average molecular weight is 374 g/mol. The third kappa shape index (κ3) is 3.58. The maximum absolute atomic E-state index is 11.7. The van der Waals surface area contributed by atoms with E-state index in [-0.39, 0.29) is 17.5 Å². The highest BCUT2D eigenvalue weighted by molar-refractivity contribution is 7.91. The number of nitrogens with zero attached hydrogens (tertiary/aromatic N) is 4.